The van der Waals surface area contributed by atoms with Crippen molar-refractivity contribution in [3.05, 3.63) is 118 Å². The second kappa shape index (κ2) is 18.6. The fraction of sp³-hybridized carbons (Fsp3) is 0.243. The third-order valence-electron chi connectivity index (χ3n) is 7.17. The van der Waals surface area contributed by atoms with E-state index in [9.17, 15) is 9.59 Å². The Morgan fingerprint density at radius 2 is 1.27 bits per heavy atom. The van der Waals surface area contributed by atoms with Crippen LogP contribution >= 0.6 is 22.7 Å². The molecular weight excluding hydrogens is 641 g/mol. The van der Waals surface area contributed by atoms with Gasteiger partial charge in [0.25, 0.3) is 0 Å². The largest absolute Gasteiger partial charge is 0.481 e. The third kappa shape index (κ3) is 11.2. The molecule has 4 heterocycles. The highest BCUT2D eigenvalue weighted by molar-refractivity contribution is 7.08. The minimum atomic E-state index is -0.757. The minimum absolute atomic E-state index is 0. The molecule has 252 valence electrons. The third-order valence-corrected chi connectivity index (χ3v) is 8.58. The second-order valence-corrected chi connectivity index (χ2v) is 13.1. The summed E-state index contributed by atoms with van der Waals surface area (Å²) in [6.45, 7) is 1.23. The maximum Gasteiger partial charge on any atom is 0.312 e. The van der Waals surface area contributed by atoms with Gasteiger partial charge in [-0.3, -0.25) is 19.6 Å². The first kappa shape index (κ1) is 37.8. The van der Waals surface area contributed by atoms with Gasteiger partial charge in [-0.2, -0.15) is 22.7 Å². The number of amides is 1. The molecule has 0 spiro atoms. The van der Waals surface area contributed by atoms with E-state index < -0.39 is 11.9 Å². The fourth-order valence-electron chi connectivity index (χ4n) is 4.83. The zero-order valence-corrected chi connectivity index (χ0v) is 28.5. The first-order chi connectivity index (χ1) is 22.6. The number of anilines is 2. The Bertz CT molecular complexity index is 1860. The molecule has 0 saturated carbocycles. The van der Waals surface area contributed by atoms with Gasteiger partial charge in [0, 0.05) is 60.0 Å². The number of hydrogen-bond acceptors (Lipinski definition) is 9. The Kier molecular flexibility index (Phi) is 14.6. The van der Waals surface area contributed by atoms with Crippen molar-refractivity contribution in [2.75, 3.05) is 52.3 Å². The Balaban J connectivity index is 0.000000212. The van der Waals surface area contributed by atoms with Gasteiger partial charge in [-0.1, -0.05) is 19.6 Å². The molecule has 11 heteroatoms. The number of nitrogens with one attached hydrogen (secondary N) is 1. The van der Waals surface area contributed by atoms with Crippen LogP contribution in [-0.4, -0.2) is 78.0 Å². The molecule has 2 aromatic carbocycles. The molecule has 0 saturated heterocycles. The number of nitrogen functional groups attached to an aromatic ring is 1. The van der Waals surface area contributed by atoms with Crippen molar-refractivity contribution in [2.45, 2.75) is 19.3 Å². The first-order valence-corrected chi connectivity index (χ1v) is 16.8. The monoisotopic (exact) mass is 684 g/mol. The summed E-state index contributed by atoms with van der Waals surface area (Å²) in [5.41, 5.74) is 9.17. The number of nitrogens with two attached hydrogens (primary N) is 1. The van der Waals surface area contributed by atoms with Gasteiger partial charge in [-0.15, -0.1) is 0 Å². The van der Waals surface area contributed by atoms with E-state index in [1.165, 1.54) is 11.3 Å². The number of nitrogens with zero attached hydrogens (tertiary/aromatic N) is 4. The van der Waals surface area contributed by atoms with Crippen LogP contribution in [0.5, 0.6) is 0 Å². The summed E-state index contributed by atoms with van der Waals surface area (Å²) in [7, 11) is 7.72. The lowest BCUT2D eigenvalue weighted by Gasteiger charge is -2.20. The van der Waals surface area contributed by atoms with E-state index in [1.807, 2.05) is 133 Å². The number of hydrogen-bond donors (Lipinski definition) is 3. The highest BCUT2D eigenvalue weighted by Crippen LogP contribution is 2.24. The Hall–Kier alpha value is -4.68. The average Bonchev–Trinajstić information content (AvgIpc) is 3.78. The van der Waals surface area contributed by atoms with E-state index in [0.717, 1.165) is 44.0 Å². The van der Waals surface area contributed by atoms with E-state index in [-0.39, 0.29) is 19.3 Å². The van der Waals surface area contributed by atoms with Crippen LogP contribution < -0.4 is 11.1 Å². The lowest BCUT2D eigenvalue weighted by Crippen LogP contribution is -2.30. The van der Waals surface area contributed by atoms with Gasteiger partial charge in [0.05, 0.1) is 11.8 Å². The summed E-state index contributed by atoms with van der Waals surface area (Å²) < 4.78 is 0. The van der Waals surface area contributed by atoms with Crippen LogP contribution in [0, 0.1) is 0 Å². The van der Waals surface area contributed by atoms with Crippen molar-refractivity contribution in [1.29, 1.82) is 0 Å². The van der Waals surface area contributed by atoms with Gasteiger partial charge in [0.1, 0.15) is 0 Å². The minimum Gasteiger partial charge on any atom is -0.481 e. The van der Waals surface area contributed by atoms with Gasteiger partial charge in [-0.25, -0.2) is 0 Å². The quantitative estimate of drug-likeness (QED) is 0.134. The van der Waals surface area contributed by atoms with E-state index in [4.69, 9.17) is 10.8 Å². The second-order valence-electron chi connectivity index (χ2n) is 11.5. The summed E-state index contributed by atoms with van der Waals surface area (Å²) in [4.78, 5) is 35.7. The van der Waals surface area contributed by atoms with Crippen LogP contribution in [0.1, 0.15) is 30.4 Å². The van der Waals surface area contributed by atoms with Crippen molar-refractivity contribution in [3.63, 3.8) is 0 Å². The number of benzene rings is 2. The van der Waals surface area contributed by atoms with Crippen molar-refractivity contribution in [3.8, 4) is 0 Å². The molecule has 4 aromatic heterocycles. The molecule has 2 unspecified atom stereocenters. The summed E-state index contributed by atoms with van der Waals surface area (Å²) in [5.74, 6) is -1.32. The van der Waals surface area contributed by atoms with E-state index in [1.54, 1.807) is 23.7 Å². The molecule has 0 fully saturated rings. The van der Waals surface area contributed by atoms with E-state index >= 15 is 0 Å². The van der Waals surface area contributed by atoms with Crippen LogP contribution in [0.3, 0.4) is 0 Å². The van der Waals surface area contributed by atoms with Crippen molar-refractivity contribution in [2.24, 2.45) is 0 Å². The Morgan fingerprint density at radius 3 is 1.79 bits per heavy atom. The highest BCUT2D eigenvalue weighted by atomic mass is 32.1. The number of aliphatic carboxylic acids is 1. The molecule has 2 atom stereocenters. The van der Waals surface area contributed by atoms with Crippen molar-refractivity contribution >= 4 is 67.5 Å². The van der Waals surface area contributed by atoms with E-state index in [2.05, 4.69) is 15.3 Å². The maximum absolute atomic E-state index is 12.7. The average molecular weight is 685 g/mol. The molecule has 6 aromatic rings. The number of fused-ring (bicyclic) bond motifs is 2. The summed E-state index contributed by atoms with van der Waals surface area (Å²) >= 11 is 3.15. The molecule has 0 aliphatic carbocycles. The zero-order valence-electron chi connectivity index (χ0n) is 26.9. The number of carbonyl (C=O) groups is 2. The first-order valence-electron chi connectivity index (χ1n) is 14.9. The van der Waals surface area contributed by atoms with Crippen LogP contribution in [-0.2, 0) is 9.59 Å². The van der Waals surface area contributed by atoms with Gasteiger partial charge >= 0.3 is 5.97 Å². The molecule has 0 aliphatic rings. The number of likely N-dealkylation sites (N-methyl/N-ethyl adjacent to an activating group) is 2. The lowest BCUT2D eigenvalue weighted by molar-refractivity contribution is -0.139. The number of thiophene rings is 2. The molecule has 9 nitrogen and oxygen atoms in total. The Morgan fingerprint density at radius 1 is 0.750 bits per heavy atom. The summed E-state index contributed by atoms with van der Waals surface area (Å²) in [6, 6.07) is 19.4. The van der Waals surface area contributed by atoms with Gasteiger partial charge < -0.3 is 26.0 Å². The number of aromatic nitrogens is 2. The molecule has 0 aliphatic heterocycles. The summed E-state index contributed by atoms with van der Waals surface area (Å²) in [6.07, 6.45) is 7.17. The van der Waals surface area contributed by atoms with Gasteiger partial charge in [-0.05, 0) is 120 Å². The molecule has 6 rings (SSSR count). The molecule has 1 amide bonds. The topological polar surface area (TPSA) is 125 Å². The standard InChI is InChI=1S/C18H19N3OS.C9H8N2.C9H13NO2S.CH4/c1-21(2)11-17(15-6-8-23-12-15)18(22)20-16-4-3-14-10-19-7-5-13(14)9-16;10-9-2-1-8-6-11-4-3-7(8)5-9;1-10(2)5-8(9(11)12)7-3-4-13-6-7;/h3-10,12,17H,11H2,1-2H3,(H,20,22);1-6H,10H2;3-4,6,8H,5H2,1-2H3,(H,11,12);1H4. The van der Waals surface area contributed by atoms with Crippen LogP contribution in [0.2, 0.25) is 0 Å². The fourth-order valence-corrected chi connectivity index (χ4v) is 6.26. The van der Waals surface area contributed by atoms with Crippen molar-refractivity contribution < 1.29 is 14.7 Å². The lowest BCUT2D eigenvalue weighted by atomic mass is 10.0. The van der Waals surface area contributed by atoms with Crippen molar-refractivity contribution in [1.82, 2.24) is 19.8 Å². The zero-order chi connectivity index (χ0) is 33.8. The summed E-state index contributed by atoms with van der Waals surface area (Å²) in [5, 5.41) is 24.3. The van der Waals surface area contributed by atoms with Crippen LogP contribution in [0.25, 0.3) is 21.5 Å². The predicted octanol–water partition coefficient (Wildman–Crippen LogP) is 7.51. The van der Waals surface area contributed by atoms with Crippen LogP contribution in [0.4, 0.5) is 11.4 Å². The molecule has 0 radical (unpaired) electrons. The van der Waals surface area contributed by atoms with Gasteiger partial charge in [0.15, 0.2) is 0 Å². The number of rotatable bonds is 9. The maximum atomic E-state index is 12.7. The highest BCUT2D eigenvalue weighted by Gasteiger charge is 2.22. The number of carbonyl (C=O) groups excluding carboxylic acids is 1. The van der Waals surface area contributed by atoms with E-state index in [0.29, 0.717) is 13.1 Å². The normalized spacial score (nSPS) is 11.9. The number of carboxylic acid groups (broad SMARTS) is 1. The predicted molar refractivity (Wildman–Crippen MR) is 202 cm³/mol. The number of carboxylic acids is 1. The van der Waals surface area contributed by atoms with Gasteiger partial charge in [0.2, 0.25) is 5.91 Å². The molecule has 0 bridgehead atoms. The Labute approximate surface area is 290 Å². The number of pyridine rings is 2. The smallest absolute Gasteiger partial charge is 0.312 e. The SMILES string of the molecule is C.CN(C)CC(C(=O)Nc1ccc2cnccc2c1)c1ccsc1.CN(C)CC(C(=O)O)c1ccsc1.Nc1ccc2cnccc2c1. The molecular formula is C37H44N6O3S2. The molecule has 48 heavy (non-hydrogen) atoms. The van der Waals surface area contributed by atoms with Crippen LogP contribution in [0.15, 0.2) is 107 Å². The molecule has 4 N–H and O–H groups in total.